The summed E-state index contributed by atoms with van der Waals surface area (Å²) in [5.74, 6) is -1.19. The number of aryl methyl sites for hydroxylation is 2. The van der Waals surface area contributed by atoms with Gasteiger partial charge < -0.3 is 14.5 Å². The molecule has 2 aromatic rings. The van der Waals surface area contributed by atoms with Crippen LogP contribution < -0.4 is 0 Å². The SMILES string of the molecule is CCOC(=O)CC(=O)CCN(Cc1ccc(Cl)cc1)C(=O)C1(C)CCN1C(=O)Cc1cc(C)cc(C)c1. The highest BCUT2D eigenvalue weighted by molar-refractivity contribution is 6.30. The van der Waals surface area contributed by atoms with E-state index in [9.17, 15) is 19.2 Å². The summed E-state index contributed by atoms with van der Waals surface area (Å²) in [5.41, 5.74) is 2.96. The summed E-state index contributed by atoms with van der Waals surface area (Å²) in [7, 11) is 0. The largest absolute Gasteiger partial charge is 0.466 e. The van der Waals surface area contributed by atoms with Gasteiger partial charge in [-0.15, -0.1) is 0 Å². The van der Waals surface area contributed by atoms with E-state index in [1.807, 2.05) is 38.1 Å². The van der Waals surface area contributed by atoms with E-state index in [-0.39, 0.29) is 56.6 Å². The molecule has 0 aromatic heterocycles. The summed E-state index contributed by atoms with van der Waals surface area (Å²) in [6, 6.07) is 13.2. The number of carbonyl (C=O) groups is 4. The van der Waals surface area contributed by atoms with Crippen LogP contribution in [0.3, 0.4) is 0 Å². The summed E-state index contributed by atoms with van der Waals surface area (Å²) in [6.07, 6.45) is 0.457. The Kier molecular flexibility index (Phi) is 9.49. The molecule has 1 heterocycles. The van der Waals surface area contributed by atoms with Crippen molar-refractivity contribution in [3.8, 4) is 0 Å². The molecule has 1 fully saturated rings. The summed E-state index contributed by atoms with van der Waals surface area (Å²) in [4.78, 5) is 54.4. The molecule has 1 unspecified atom stereocenters. The molecule has 3 rings (SSSR count). The zero-order chi connectivity index (χ0) is 27.2. The Morgan fingerprint density at radius 3 is 2.24 bits per heavy atom. The van der Waals surface area contributed by atoms with E-state index in [0.29, 0.717) is 18.0 Å². The number of Topliss-reactive ketones (excluding diaryl/α,β-unsaturated/α-hetero) is 1. The van der Waals surface area contributed by atoms with Crippen molar-refractivity contribution in [1.29, 1.82) is 0 Å². The number of nitrogens with zero attached hydrogens (tertiary/aromatic N) is 2. The number of halogens is 1. The van der Waals surface area contributed by atoms with E-state index in [2.05, 4.69) is 6.07 Å². The van der Waals surface area contributed by atoms with Gasteiger partial charge in [-0.05, 0) is 57.4 Å². The summed E-state index contributed by atoms with van der Waals surface area (Å²) in [6.45, 7) is 8.56. The number of hydrogen-bond acceptors (Lipinski definition) is 5. The molecule has 37 heavy (non-hydrogen) atoms. The molecule has 0 aliphatic carbocycles. The van der Waals surface area contributed by atoms with Gasteiger partial charge in [0.2, 0.25) is 11.8 Å². The molecular formula is C29H35ClN2O5. The molecule has 198 valence electrons. The van der Waals surface area contributed by atoms with Gasteiger partial charge in [-0.2, -0.15) is 0 Å². The lowest BCUT2D eigenvalue weighted by Crippen LogP contribution is -2.68. The number of ether oxygens (including phenoxy) is 1. The van der Waals surface area contributed by atoms with Crippen LogP contribution in [-0.4, -0.2) is 58.6 Å². The highest BCUT2D eigenvalue weighted by atomic mass is 35.5. The number of amides is 2. The van der Waals surface area contributed by atoms with Crippen LogP contribution in [0.5, 0.6) is 0 Å². The molecule has 2 amide bonds. The van der Waals surface area contributed by atoms with Crippen LogP contribution in [0.25, 0.3) is 0 Å². The van der Waals surface area contributed by atoms with Gasteiger partial charge in [0.15, 0.2) is 0 Å². The fraction of sp³-hybridized carbons (Fsp3) is 0.448. The number of carbonyl (C=O) groups excluding carboxylic acids is 4. The molecular weight excluding hydrogens is 492 g/mol. The fourth-order valence-corrected chi connectivity index (χ4v) is 4.87. The quantitative estimate of drug-likeness (QED) is 0.319. The minimum Gasteiger partial charge on any atom is -0.466 e. The minimum absolute atomic E-state index is 0.0186. The van der Waals surface area contributed by atoms with Crippen LogP contribution in [0.1, 0.15) is 55.4 Å². The predicted octanol–water partition coefficient (Wildman–Crippen LogP) is 4.43. The maximum absolute atomic E-state index is 13.8. The zero-order valence-corrected chi connectivity index (χ0v) is 22.8. The second-order valence-electron chi connectivity index (χ2n) is 9.87. The van der Waals surface area contributed by atoms with Crippen molar-refractivity contribution >= 4 is 35.2 Å². The third kappa shape index (κ3) is 7.41. The fourth-order valence-electron chi connectivity index (χ4n) is 4.75. The molecule has 1 atom stereocenters. The Morgan fingerprint density at radius 2 is 1.68 bits per heavy atom. The number of ketones is 1. The molecule has 1 saturated heterocycles. The summed E-state index contributed by atoms with van der Waals surface area (Å²) < 4.78 is 4.86. The molecule has 8 heteroatoms. The first-order chi connectivity index (χ1) is 17.5. The van der Waals surface area contributed by atoms with Gasteiger partial charge in [0, 0.05) is 31.1 Å². The van der Waals surface area contributed by atoms with Crippen molar-refractivity contribution in [3.05, 3.63) is 69.7 Å². The van der Waals surface area contributed by atoms with Crippen molar-refractivity contribution < 1.29 is 23.9 Å². The van der Waals surface area contributed by atoms with Crippen molar-refractivity contribution in [2.45, 2.75) is 65.5 Å². The average Bonchev–Trinajstić information content (AvgIpc) is 2.80. The standard InChI is InChI=1S/C29H35ClN2O5/c1-5-37-27(35)18-25(33)10-12-31(19-22-6-8-24(30)9-7-22)28(36)29(4)11-13-32(29)26(34)17-23-15-20(2)14-21(3)16-23/h6-9,14-16H,5,10-13,17-19H2,1-4H3. The molecule has 0 N–H and O–H groups in total. The topological polar surface area (TPSA) is 84.0 Å². The number of benzene rings is 2. The predicted molar refractivity (Wildman–Crippen MR) is 142 cm³/mol. The maximum Gasteiger partial charge on any atom is 0.313 e. The second kappa shape index (κ2) is 12.4. The Hall–Kier alpha value is -3.19. The Balaban J connectivity index is 1.74. The molecule has 7 nitrogen and oxygen atoms in total. The number of likely N-dealkylation sites (tertiary alicyclic amines) is 1. The lowest BCUT2D eigenvalue weighted by molar-refractivity contribution is -0.164. The van der Waals surface area contributed by atoms with Crippen molar-refractivity contribution in [1.82, 2.24) is 9.80 Å². The van der Waals surface area contributed by atoms with Gasteiger partial charge in [0.25, 0.3) is 0 Å². The van der Waals surface area contributed by atoms with E-state index >= 15 is 0 Å². The van der Waals surface area contributed by atoms with Crippen LogP contribution in [0, 0.1) is 13.8 Å². The van der Waals surface area contributed by atoms with Crippen molar-refractivity contribution in [2.24, 2.45) is 0 Å². The van der Waals surface area contributed by atoms with E-state index in [4.69, 9.17) is 16.3 Å². The van der Waals surface area contributed by atoms with Gasteiger partial charge in [-0.25, -0.2) is 0 Å². The smallest absolute Gasteiger partial charge is 0.313 e. The highest BCUT2D eigenvalue weighted by Crippen LogP contribution is 2.34. The third-order valence-electron chi connectivity index (χ3n) is 6.70. The van der Waals surface area contributed by atoms with Gasteiger partial charge in [0.05, 0.1) is 13.0 Å². The second-order valence-corrected chi connectivity index (χ2v) is 10.3. The average molecular weight is 527 g/mol. The lowest BCUT2D eigenvalue weighted by Gasteiger charge is -2.51. The van der Waals surface area contributed by atoms with Crippen molar-refractivity contribution in [3.63, 3.8) is 0 Å². The molecule has 1 aliphatic heterocycles. The monoisotopic (exact) mass is 526 g/mol. The van der Waals surface area contributed by atoms with E-state index in [1.54, 1.807) is 35.8 Å². The van der Waals surface area contributed by atoms with E-state index in [0.717, 1.165) is 22.3 Å². The minimum atomic E-state index is -0.993. The highest BCUT2D eigenvalue weighted by Gasteiger charge is 2.50. The van der Waals surface area contributed by atoms with Crippen LogP contribution in [0.2, 0.25) is 5.02 Å². The molecule has 2 aromatic carbocycles. The number of rotatable bonds is 11. The molecule has 0 saturated carbocycles. The van der Waals surface area contributed by atoms with Crippen LogP contribution in [-0.2, 0) is 36.9 Å². The molecule has 0 radical (unpaired) electrons. The zero-order valence-electron chi connectivity index (χ0n) is 22.0. The normalized spacial score (nSPS) is 16.6. The van der Waals surface area contributed by atoms with Gasteiger partial charge >= 0.3 is 5.97 Å². The Morgan fingerprint density at radius 1 is 1.03 bits per heavy atom. The molecule has 0 spiro atoms. The maximum atomic E-state index is 13.8. The van der Waals surface area contributed by atoms with Gasteiger partial charge in [-0.3, -0.25) is 19.2 Å². The Labute approximate surface area is 223 Å². The summed E-state index contributed by atoms with van der Waals surface area (Å²) in [5, 5.41) is 0.584. The molecule has 1 aliphatic rings. The van der Waals surface area contributed by atoms with Crippen LogP contribution >= 0.6 is 11.6 Å². The lowest BCUT2D eigenvalue weighted by atomic mass is 9.84. The third-order valence-corrected chi connectivity index (χ3v) is 6.95. The first-order valence-electron chi connectivity index (χ1n) is 12.6. The Bertz CT molecular complexity index is 1140. The van der Waals surface area contributed by atoms with Crippen LogP contribution in [0.4, 0.5) is 0 Å². The van der Waals surface area contributed by atoms with E-state index in [1.165, 1.54) is 0 Å². The van der Waals surface area contributed by atoms with Gasteiger partial charge in [0.1, 0.15) is 17.7 Å². The van der Waals surface area contributed by atoms with Crippen LogP contribution in [0.15, 0.2) is 42.5 Å². The van der Waals surface area contributed by atoms with E-state index < -0.39 is 11.5 Å². The van der Waals surface area contributed by atoms with Gasteiger partial charge in [-0.1, -0.05) is 53.1 Å². The van der Waals surface area contributed by atoms with Crippen molar-refractivity contribution in [2.75, 3.05) is 19.7 Å². The first-order valence-corrected chi connectivity index (χ1v) is 13.0. The summed E-state index contributed by atoms with van der Waals surface area (Å²) >= 11 is 6.02. The number of hydrogen-bond donors (Lipinski definition) is 0. The number of esters is 1. The first kappa shape index (κ1) is 28.4. The molecule has 0 bridgehead atoms.